The Balaban J connectivity index is 1.89. The molecule has 0 N–H and O–H groups in total. The van der Waals surface area contributed by atoms with Gasteiger partial charge in [-0.15, -0.1) is 11.8 Å². The van der Waals surface area contributed by atoms with E-state index in [1.165, 1.54) is 49.0 Å². The number of fused-ring (bicyclic) bond motifs is 1. The molecular formula is C20H30N4S. The van der Waals surface area contributed by atoms with Crippen LogP contribution in [0.4, 0.5) is 5.82 Å². The lowest BCUT2D eigenvalue weighted by molar-refractivity contribution is 0.410. The SMILES string of the molecule is CN(C)CCCSc1nc(N2CCCCC2)c2c(c1C#N)CCCC2. The van der Waals surface area contributed by atoms with E-state index in [2.05, 4.69) is 30.0 Å². The molecule has 5 heteroatoms. The van der Waals surface area contributed by atoms with Crippen LogP contribution in [0, 0.1) is 11.3 Å². The van der Waals surface area contributed by atoms with E-state index in [0.29, 0.717) is 0 Å². The zero-order valence-corrected chi connectivity index (χ0v) is 16.5. The van der Waals surface area contributed by atoms with Gasteiger partial charge in [0.15, 0.2) is 0 Å². The highest BCUT2D eigenvalue weighted by molar-refractivity contribution is 7.99. The average molecular weight is 359 g/mol. The lowest BCUT2D eigenvalue weighted by Gasteiger charge is -2.32. The number of nitriles is 1. The van der Waals surface area contributed by atoms with Crippen LogP contribution in [-0.4, -0.2) is 49.4 Å². The normalized spacial score (nSPS) is 17.4. The van der Waals surface area contributed by atoms with E-state index in [4.69, 9.17) is 4.98 Å². The van der Waals surface area contributed by atoms with Crippen molar-refractivity contribution < 1.29 is 0 Å². The summed E-state index contributed by atoms with van der Waals surface area (Å²) in [5.74, 6) is 2.22. The van der Waals surface area contributed by atoms with Crippen LogP contribution in [0.15, 0.2) is 5.03 Å². The van der Waals surface area contributed by atoms with Crippen molar-refractivity contribution in [2.24, 2.45) is 0 Å². The maximum Gasteiger partial charge on any atom is 0.133 e. The van der Waals surface area contributed by atoms with Gasteiger partial charge in [0, 0.05) is 18.8 Å². The molecular weight excluding hydrogens is 328 g/mol. The van der Waals surface area contributed by atoms with Crippen LogP contribution in [0.5, 0.6) is 0 Å². The molecule has 1 aromatic heterocycles. The third-order valence-corrected chi connectivity index (χ3v) is 6.28. The minimum absolute atomic E-state index is 0.866. The Kier molecular flexibility index (Phi) is 6.61. The first-order chi connectivity index (χ1) is 12.2. The van der Waals surface area contributed by atoms with E-state index in [0.717, 1.165) is 55.2 Å². The summed E-state index contributed by atoms with van der Waals surface area (Å²) in [6.45, 7) is 3.32. The minimum atomic E-state index is 0.866. The number of thioether (sulfide) groups is 1. The van der Waals surface area contributed by atoms with E-state index >= 15 is 0 Å². The monoisotopic (exact) mass is 358 g/mol. The number of hydrogen-bond donors (Lipinski definition) is 0. The number of piperidine rings is 1. The third kappa shape index (κ3) is 4.48. The molecule has 0 unspecified atom stereocenters. The van der Waals surface area contributed by atoms with Gasteiger partial charge in [0.1, 0.15) is 16.9 Å². The quantitative estimate of drug-likeness (QED) is 0.570. The molecule has 0 radical (unpaired) electrons. The molecule has 0 saturated carbocycles. The van der Waals surface area contributed by atoms with Gasteiger partial charge in [-0.2, -0.15) is 5.26 Å². The summed E-state index contributed by atoms with van der Waals surface area (Å²) in [5, 5.41) is 10.8. The predicted molar refractivity (Wildman–Crippen MR) is 106 cm³/mol. The first-order valence-electron chi connectivity index (χ1n) is 9.69. The maximum absolute atomic E-state index is 9.80. The molecule has 0 amide bonds. The summed E-state index contributed by atoms with van der Waals surface area (Å²) in [7, 11) is 4.22. The van der Waals surface area contributed by atoms with Crippen molar-refractivity contribution in [2.75, 3.05) is 44.4 Å². The summed E-state index contributed by atoms with van der Waals surface area (Å²) < 4.78 is 0. The third-order valence-electron chi connectivity index (χ3n) is 5.22. The second-order valence-corrected chi connectivity index (χ2v) is 8.53. The standard InChI is InChI=1S/C20H30N4S/c1-23(2)11-8-14-25-20-18(15-21)16-9-4-5-10-17(16)19(22-20)24-12-6-3-7-13-24/h3-14H2,1-2H3. The highest BCUT2D eigenvalue weighted by Crippen LogP contribution is 2.37. The van der Waals surface area contributed by atoms with Gasteiger partial charge in [-0.05, 0) is 83.1 Å². The summed E-state index contributed by atoms with van der Waals surface area (Å²) in [5.41, 5.74) is 3.55. The van der Waals surface area contributed by atoms with Crippen LogP contribution in [0.3, 0.4) is 0 Å². The predicted octanol–water partition coefficient (Wildman–Crippen LogP) is 3.87. The highest BCUT2D eigenvalue weighted by Gasteiger charge is 2.25. The van der Waals surface area contributed by atoms with Crippen molar-refractivity contribution >= 4 is 17.6 Å². The molecule has 0 bridgehead atoms. The second-order valence-electron chi connectivity index (χ2n) is 7.44. The molecule has 3 rings (SSSR count). The minimum Gasteiger partial charge on any atom is -0.356 e. The molecule has 2 aliphatic rings. The molecule has 4 nitrogen and oxygen atoms in total. The molecule has 1 aliphatic carbocycles. The van der Waals surface area contributed by atoms with Crippen LogP contribution in [-0.2, 0) is 12.8 Å². The molecule has 136 valence electrons. The van der Waals surface area contributed by atoms with Crippen molar-refractivity contribution in [2.45, 2.75) is 56.4 Å². The lowest BCUT2D eigenvalue weighted by atomic mass is 9.89. The summed E-state index contributed by atoms with van der Waals surface area (Å²) >= 11 is 1.78. The van der Waals surface area contributed by atoms with Gasteiger partial charge in [-0.1, -0.05) is 0 Å². The number of pyridine rings is 1. The Bertz CT molecular complexity index is 630. The number of nitrogens with zero attached hydrogens (tertiary/aromatic N) is 4. The van der Waals surface area contributed by atoms with Gasteiger partial charge in [-0.3, -0.25) is 0 Å². The first kappa shape index (κ1) is 18.5. The fourth-order valence-electron chi connectivity index (χ4n) is 3.91. The first-order valence-corrected chi connectivity index (χ1v) is 10.7. The molecule has 1 aromatic rings. The van der Waals surface area contributed by atoms with Crippen molar-refractivity contribution in [1.82, 2.24) is 9.88 Å². The topological polar surface area (TPSA) is 43.2 Å². The van der Waals surface area contributed by atoms with Crippen molar-refractivity contribution in [3.63, 3.8) is 0 Å². The lowest BCUT2D eigenvalue weighted by Crippen LogP contribution is -2.32. The van der Waals surface area contributed by atoms with Crippen LogP contribution in [0.1, 0.15) is 55.2 Å². The molecule has 0 atom stereocenters. The number of aromatic nitrogens is 1. The molecule has 2 heterocycles. The van der Waals surface area contributed by atoms with E-state index in [-0.39, 0.29) is 0 Å². The number of rotatable bonds is 6. The molecule has 1 saturated heterocycles. The van der Waals surface area contributed by atoms with Gasteiger partial charge in [0.05, 0.1) is 5.56 Å². The largest absolute Gasteiger partial charge is 0.356 e. The maximum atomic E-state index is 9.80. The van der Waals surface area contributed by atoms with E-state index in [9.17, 15) is 5.26 Å². The zero-order chi connectivity index (χ0) is 17.6. The molecule has 0 aromatic carbocycles. The summed E-state index contributed by atoms with van der Waals surface area (Å²) in [6, 6.07) is 2.49. The number of hydrogen-bond acceptors (Lipinski definition) is 5. The molecule has 1 fully saturated rings. The van der Waals surface area contributed by atoms with E-state index < -0.39 is 0 Å². The van der Waals surface area contributed by atoms with Crippen molar-refractivity contribution in [3.05, 3.63) is 16.7 Å². The Morgan fingerprint density at radius 1 is 1.08 bits per heavy atom. The van der Waals surface area contributed by atoms with Crippen molar-refractivity contribution in [1.29, 1.82) is 5.26 Å². The summed E-state index contributed by atoms with van der Waals surface area (Å²) in [6.07, 6.45) is 9.57. The average Bonchev–Trinajstić information content (AvgIpc) is 2.65. The Morgan fingerprint density at radius 3 is 2.48 bits per heavy atom. The van der Waals surface area contributed by atoms with Crippen LogP contribution >= 0.6 is 11.8 Å². The fourth-order valence-corrected chi connectivity index (χ4v) is 4.84. The van der Waals surface area contributed by atoms with Crippen LogP contribution in [0.2, 0.25) is 0 Å². The smallest absolute Gasteiger partial charge is 0.133 e. The van der Waals surface area contributed by atoms with Gasteiger partial charge in [-0.25, -0.2) is 4.98 Å². The van der Waals surface area contributed by atoms with E-state index in [1.807, 2.05) is 0 Å². The molecule has 1 aliphatic heterocycles. The van der Waals surface area contributed by atoms with Crippen LogP contribution < -0.4 is 4.90 Å². The second kappa shape index (κ2) is 8.91. The highest BCUT2D eigenvalue weighted by atomic mass is 32.2. The Morgan fingerprint density at radius 2 is 1.80 bits per heavy atom. The van der Waals surface area contributed by atoms with Gasteiger partial charge >= 0.3 is 0 Å². The van der Waals surface area contributed by atoms with E-state index in [1.54, 1.807) is 11.8 Å². The molecule has 0 spiro atoms. The Hall–Kier alpha value is -1.25. The fraction of sp³-hybridized carbons (Fsp3) is 0.700. The number of anilines is 1. The van der Waals surface area contributed by atoms with Gasteiger partial charge in [0.25, 0.3) is 0 Å². The van der Waals surface area contributed by atoms with Crippen LogP contribution in [0.25, 0.3) is 0 Å². The summed E-state index contributed by atoms with van der Waals surface area (Å²) in [4.78, 5) is 9.75. The van der Waals surface area contributed by atoms with Gasteiger partial charge in [0.2, 0.25) is 0 Å². The van der Waals surface area contributed by atoms with Crippen molar-refractivity contribution in [3.8, 4) is 6.07 Å². The Labute approximate surface area is 156 Å². The van der Waals surface area contributed by atoms with Gasteiger partial charge < -0.3 is 9.80 Å². The molecule has 25 heavy (non-hydrogen) atoms. The zero-order valence-electron chi connectivity index (χ0n) is 15.7.